The molecule has 1 atom stereocenters. The number of hydrogen-bond donors (Lipinski definition) is 1. The summed E-state index contributed by atoms with van der Waals surface area (Å²) in [5, 5.41) is 10.9. The Morgan fingerprint density at radius 2 is 1.63 bits per heavy atom. The van der Waals surface area contributed by atoms with Crippen LogP contribution in [-0.4, -0.2) is 5.11 Å². The molecule has 2 aromatic carbocycles. The average molecular weight is 303 g/mol. The Kier molecular flexibility index (Phi) is 4.40. The fourth-order valence-corrected chi connectivity index (χ4v) is 2.18. The van der Waals surface area contributed by atoms with Gasteiger partial charge in [0.25, 0.3) is 0 Å². The first-order chi connectivity index (χ1) is 8.95. The maximum Gasteiger partial charge on any atom is 0.126 e. The highest BCUT2D eigenvalue weighted by Gasteiger charge is 2.13. The molecule has 0 aliphatic heterocycles. The number of hydrogen-bond acceptors (Lipinski definition) is 1. The Bertz CT molecular complexity index is 582. The Labute approximate surface area is 119 Å². The molecule has 0 amide bonds. The molecular formula is C14H10Cl2F2O. The van der Waals surface area contributed by atoms with Crippen LogP contribution in [0, 0.1) is 11.6 Å². The molecule has 1 unspecified atom stereocenters. The summed E-state index contributed by atoms with van der Waals surface area (Å²) in [6.45, 7) is 0. The summed E-state index contributed by atoms with van der Waals surface area (Å²) in [7, 11) is 0. The van der Waals surface area contributed by atoms with Gasteiger partial charge in [-0.25, -0.2) is 8.78 Å². The minimum atomic E-state index is -1.05. The monoisotopic (exact) mass is 302 g/mol. The third-order valence-corrected chi connectivity index (χ3v) is 3.29. The first-order valence-electron chi connectivity index (χ1n) is 5.53. The van der Waals surface area contributed by atoms with E-state index in [9.17, 15) is 13.9 Å². The normalized spacial score (nSPS) is 12.5. The molecular weight excluding hydrogens is 293 g/mol. The largest absolute Gasteiger partial charge is 0.388 e. The third-order valence-electron chi connectivity index (χ3n) is 2.69. The Hall–Kier alpha value is -1.16. The summed E-state index contributed by atoms with van der Waals surface area (Å²) in [6, 6.07) is 7.78. The van der Waals surface area contributed by atoms with E-state index in [2.05, 4.69) is 0 Å². The van der Waals surface area contributed by atoms with Gasteiger partial charge in [0.2, 0.25) is 0 Å². The van der Waals surface area contributed by atoms with E-state index in [-0.39, 0.29) is 12.0 Å². The molecule has 0 aliphatic rings. The van der Waals surface area contributed by atoms with E-state index in [1.54, 1.807) is 18.2 Å². The number of benzene rings is 2. The zero-order valence-electron chi connectivity index (χ0n) is 9.71. The molecule has 1 N–H and O–H groups in total. The summed E-state index contributed by atoms with van der Waals surface area (Å²) < 4.78 is 26.1. The Morgan fingerprint density at radius 1 is 1.00 bits per heavy atom. The molecule has 1 nitrogen and oxygen atoms in total. The molecule has 0 radical (unpaired) electrons. The molecule has 0 bridgehead atoms. The van der Waals surface area contributed by atoms with Gasteiger partial charge in [-0.15, -0.1) is 0 Å². The maximum absolute atomic E-state index is 13.1. The van der Waals surface area contributed by atoms with Gasteiger partial charge in [0.05, 0.1) is 6.10 Å². The van der Waals surface area contributed by atoms with E-state index >= 15 is 0 Å². The van der Waals surface area contributed by atoms with E-state index in [1.807, 2.05) is 0 Å². The molecule has 0 spiro atoms. The van der Waals surface area contributed by atoms with Gasteiger partial charge >= 0.3 is 0 Å². The number of aliphatic hydroxyl groups is 1. The molecule has 0 fully saturated rings. The summed E-state index contributed by atoms with van der Waals surface area (Å²) in [6.07, 6.45) is -0.927. The smallest absolute Gasteiger partial charge is 0.126 e. The van der Waals surface area contributed by atoms with Crippen LogP contribution in [0.4, 0.5) is 8.78 Å². The summed E-state index contributed by atoms with van der Waals surface area (Å²) in [5.41, 5.74) is 0.778. The molecule has 19 heavy (non-hydrogen) atoms. The SMILES string of the molecule is OC(Cc1cc(Cl)ccc1Cl)c1cc(F)cc(F)c1. The fraction of sp³-hybridized carbons (Fsp3) is 0.143. The van der Waals surface area contributed by atoms with Gasteiger partial charge in [-0.1, -0.05) is 23.2 Å². The van der Waals surface area contributed by atoms with E-state index in [0.717, 1.165) is 18.2 Å². The summed E-state index contributed by atoms with van der Waals surface area (Å²) in [4.78, 5) is 0. The first-order valence-corrected chi connectivity index (χ1v) is 6.29. The molecule has 2 aromatic rings. The van der Waals surface area contributed by atoms with E-state index in [0.29, 0.717) is 15.6 Å². The molecule has 0 saturated carbocycles. The van der Waals surface area contributed by atoms with Crippen molar-refractivity contribution in [2.75, 3.05) is 0 Å². The van der Waals surface area contributed by atoms with Crippen molar-refractivity contribution in [3.05, 3.63) is 69.2 Å². The molecule has 0 aromatic heterocycles. The summed E-state index contributed by atoms with van der Waals surface area (Å²) >= 11 is 11.8. The van der Waals surface area contributed by atoms with Crippen LogP contribution in [0.2, 0.25) is 10.0 Å². The van der Waals surface area contributed by atoms with Crippen molar-refractivity contribution in [3.8, 4) is 0 Å². The van der Waals surface area contributed by atoms with E-state index < -0.39 is 17.7 Å². The van der Waals surface area contributed by atoms with Crippen LogP contribution in [0.15, 0.2) is 36.4 Å². The lowest BCUT2D eigenvalue weighted by atomic mass is 10.0. The zero-order chi connectivity index (χ0) is 14.0. The van der Waals surface area contributed by atoms with Gasteiger partial charge in [0.15, 0.2) is 0 Å². The van der Waals surface area contributed by atoms with Crippen LogP contribution in [0.25, 0.3) is 0 Å². The predicted octanol–water partition coefficient (Wildman–Crippen LogP) is 4.55. The van der Waals surface area contributed by atoms with E-state index in [1.165, 1.54) is 0 Å². The first kappa shape index (κ1) is 14.3. The van der Waals surface area contributed by atoms with E-state index in [4.69, 9.17) is 23.2 Å². The molecule has 0 saturated heterocycles. The highest BCUT2D eigenvalue weighted by atomic mass is 35.5. The van der Waals surface area contributed by atoms with Crippen LogP contribution in [-0.2, 0) is 6.42 Å². The van der Waals surface area contributed by atoms with Gasteiger partial charge in [-0.3, -0.25) is 0 Å². The molecule has 0 heterocycles. The Balaban J connectivity index is 2.25. The Morgan fingerprint density at radius 3 is 2.26 bits per heavy atom. The topological polar surface area (TPSA) is 20.2 Å². The van der Waals surface area contributed by atoms with Crippen molar-refractivity contribution in [2.45, 2.75) is 12.5 Å². The minimum absolute atomic E-state index is 0.127. The van der Waals surface area contributed by atoms with Crippen LogP contribution >= 0.6 is 23.2 Å². The van der Waals surface area contributed by atoms with Crippen molar-refractivity contribution in [2.24, 2.45) is 0 Å². The quantitative estimate of drug-likeness (QED) is 0.882. The third kappa shape index (κ3) is 3.66. The fourth-order valence-electron chi connectivity index (χ4n) is 1.79. The van der Waals surface area contributed by atoms with Gasteiger partial charge in [-0.2, -0.15) is 0 Å². The predicted molar refractivity (Wildman–Crippen MR) is 71.5 cm³/mol. The van der Waals surface area contributed by atoms with Crippen molar-refractivity contribution in [1.82, 2.24) is 0 Å². The second-order valence-corrected chi connectivity index (χ2v) is 5.00. The average Bonchev–Trinajstić information content (AvgIpc) is 2.32. The standard InChI is InChI=1S/C14H10Cl2F2O/c15-10-1-2-13(16)8(3-10)6-14(19)9-4-11(17)7-12(18)5-9/h1-5,7,14,19H,6H2. The second kappa shape index (κ2) is 5.87. The van der Waals surface area contributed by atoms with Crippen molar-refractivity contribution in [1.29, 1.82) is 0 Å². The summed E-state index contributed by atoms with van der Waals surface area (Å²) in [5.74, 6) is -1.46. The lowest BCUT2D eigenvalue weighted by Gasteiger charge is -2.13. The van der Waals surface area contributed by atoms with Crippen molar-refractivity contribution < 1.29 is 13.9 Å². The van der Waals surface area contributed by atoms with Gasteiger partial charge < -0.3 is 5.11 Å². The number of halogens is 4. The molecule has 0 aliphatic carbocycles. The minimum Gasteiger partial charge on any atom is -0.388 e. The number of rotatable bonds is 3. The van der Waals surface area contributed by atoms with Crippen LogP contribution in [0.1, 0.15) is 17.2 Å². The van der Waals surface area contributed by atoms with Crippen molar-refractivity contribution >= 4 is 23.2 Å². The molecule has 5 heteroatoms. The van der Waals surface area contributed by atoms with Gasteiger partial charge in [-0.05, 0) is 41.5 Å². The highest BCUT2D eigenvalue weighted by molar-refractivity contribution is 6.33. The second-order valence-electron chi connectivity index (χ2n) is 4.16. The van der Waals surface area contributed by atoms with Crippen LogP contribution in [0.3, 0.4) is 0 Å². The number of aliphatic hydroxyl groups excluding tert-OH is 1. The molecule has 100 valence electrons. The van der Waals surface area contributed by atoms with Gasteiger partial charge in [0, 0.05) is 22.5 Å². The lowest BCUT2D eigenvalue weighted by molar-refractivity contribution is 0.177. The van der Waals surface area contributed by atoms with Crippen LogP contribution < -0.4 is 0 Å². The van der Waals surface area contributed by atoms with Crippen LogP contribution in [0.5, 0.6) is 0 Å². The zero-order valence-corrected chi connectivity index (χ0v) is 11.2. The van der Waals surface area contributed by atoms with Crippen molar-refractivity contribution in [3.63, 3.8) is 0 Å². The molecule has 2 rings (SSSR count). The highest BCUT2D eigenvalue weighted by Crippen LogP contribution is 2.26. The lowest BCUT2D eigenvalue weighted by Crippen LogP contribution is -2.03. The maximum atomic E-state index is 13.1. The van der Waals surface area contributed by atoms with Gasteiger partial charge in [0.1, 0.15) is 11.6 Å².